The van der Waals surface area contributed by atoms with E-state index in [2.05, 4.69) is 72.8 Å². The van der Waals surface area contributed by atoms with Gasteiger partial charge in [0.2, 0.25) is 0 Å². The minimum atomic E-state index is 0.941. The maximum atomic E-state index is 2.25. The average molecular weight is 257 g/mol. The maximum Gasteiger partial charge on any atom is 0.0908 e. The first-order valence-electron chi connectivity index (χ1n) is 6.29. The smallest absolute Gasteiger partial charge is 0.0908 e. The molecule has 2 aromatic rings. The van der Waals surface area contributed by atoms with Crippen molar-refractivity contribution in [3.63, 3.8) is 0 Å². The van der Waals surface area contributed by atoms with Crippen LogP contribution in [0.3, 0.4) is 0 Å². The quantitative estimate of drug-likeness (QED) is 0.764. The second kappa shape index (κ2) is 6.41. The van der Waals surface area contributed by atoms with E-state index in [-0.39, 0.29) is 0 Å². The van der Waals surface area contributed by atoms with Crippen LogP contribution in [0, 0.1) is 0 Å². The van der Waals surface area contributed by atoms with Crippen molar-refractivity contribution in [2.75, 3.05) is 18.5 Å². The molecule has 0 spiro atoms. The topological polar surface area (TPSA) is 3.24 Å². The van der Waals surface area contributed by atoms with E-state index < -0.39 is 0 Å². The van der Waals surface area contributed by atoms with Gasteiger partial charge in [-0.2, -0.15) is 0 Å². The summed E-state index contributed by atoms with van der Waals surface area (Å²) in [5.41, 5.74) is 2.66. The lowest BCUT2D eigenvalue weighted by Gasteiger charge is -2.13. The average Bonchev–Trinajstić information content (AvgIpc) is 2.93. The van der Waals surface area contributed by atoms with E-state index in [1.807, 2.05) is 0 Å². The van der Waals surface area contributed by atoms with Crippen molar-refractivity contribution in [2.24, 2.45) is 0 Å². The highest BCUT2D eigenvalue weighted by Gasteiger charge is 1.97. The van der Waals surface area contributed by atoms with Crippen LogP contribution >= 0.6 is 11.3 Å². The third kappa shape index (κ3) is 3.47. The van der Waals surface area contributed by atoms with Crippen LogP contribution < -0.4 is 4.90 Å². The van der Waals surface area contributed by atoms with Crippen LogP contribution in [0.1, 0.15) is 18.1 Å². The normalized spacial score (nSPS) is 11.0. The Bertz CT molecular complexity index is 482. The molecule has 0 aliphatic rings. The molecule has 2 rings (SSSR count). The number of hydrogen-bond acceptors (Lipinski definition) is 2. The van der Waals surface area contributed by atoms with Gasteiger partial charge in [0.1, 0.15) is 0 Å². The van der Waals surface area contributed by atoms with Crippen molar-refractivity contribution in [1.29, 1.82) is 0 Å². The number of aryl methyl sites for hydroxylation is 1. The standard InChI is InChI=1S/C16H19NS/c1-3-14-8-10-15(11-9-14)6-4-12-17(2)16-7-5-13-18-16/h4-11,13H,3,12H2,1-2H3/b6-4+. The van der Waals surface area contributed by atoms with E-state index in [1.54, 1.807) is 11.3 Å². The molecular weight excluding hydrogens is 238 g/mol. The number of benzene rings is 1. The van der Waals surface area contributed by atoms with Gasteiger partial charge in [-0.1, -0.05) is 43.3 Å². The van der Waals surface area contributed by atoms with E-state index in [0.717, 1.165) is 13.0 Å². The predicted molar refractivity (Wildman–Crippen MR) is 82.4 cm³/mol. The fourth-order valence-electron chi connectivity index (χ4n) is 1.79. The fourth-order valence-corrected chi connectivity index (χ4v) is 2.50. The summed E-state index contributed by atoms with van der Waals surface area (Å²) in [5, 5.41) is 3.42. The zero-order chi connectivity index (χ0) is 12.8. The minimum Gasteiger partial charge on any atom is -0.363 e. The van der Waals surface area contributed by atoms with Gasteiger partial charge < -0.3 is 4.90 Å². The number of anilines is 1. The van der Waals surface area contributed by atoms with Gasteiger partial charge in [-0.15, -0.1) is 11.3 Å². The predicted octanol–water partition coefficient (Wildman–Crippen LogP) is 4.46. The number of likely N-dealkylation sites (N-methyl/N-ethyl adjacent to an activating group) is 1. The SMILES string of the molecule is CCc1ccc(/C=C/CN(C)c2cccs2)cc1. The second-order valence-corrected chi connectivity index (χ2v) is 5.26. The molecule has 0 amide bonds. The Labute approximate surface area is 113 Å². The summed E-state index contributed by atoms with van der Waals surface area (Å²) in [6, 6.07) is 13.0. The highest BCUT2D eigenvalue weighted by Crippen LogP contribution is 2.19. The molecule has 0 aliphatic carbocycles. The Morgan fingerprint density at radius 3 is 2.56 bits per heavy atom. The molecule has 1 aromatic carbocycles. The van der Waals surface area contributed by atoms with Gasteiger partial charge in [0.25, 0.3) is 0 Å². The van der Waals surface area contributed by atoms with Gasteiger partial charge in [-0.05, 0) is 35.1 Å². The highest BCUT2D eigenvalue weighted by atomic mass is 32.1. The molecule has 1 nitrogen and oxygen atoms in total. The number of thiophene rings is 1. The third-order valence-corrected chi connectivity index (χ3v) is 3.94. The Hall–Kier alpha value is -1.54. The van der Waals surface area contributed by atoms with Crippen LogP contribution in [0.25, 0.3) is 6.08 Å². The van der Waals surface area contributed by atoms with Gasteiger partial charge in [-0.3, -0.25) is 0 Å². The van der Waals surface area contributed by atoms with E-state index in [0.29, 0.717) is 0 Å². The monoisotopic (exact) mass is 257 g/mol. The van der Waals surface area contributed by atoms with Crippen molar-refractivity contribution < 1.29 is 0 Å². The van der Waals surface area contributed by atoms with Crippen LogP contribution in [0.5, 0.6) is 0 Å². The van der Waals surface area contributed by atoms with E-state index in [4.69, 9.17) is 0 Å². The molecule has 0 unspecified atom stereocenters. The van der Waals surface area contributed by atoms with Gasteiger partial charge in [0.05, 0.1) is 5.00 Å². The lowest BCUT2D eigenvalue weighted by molar-refractivity contribution is 1.05. The van der Waals surface area contributed by atoms with Crippen molar-refractivity contribution in [1.82, 2.24) is 0 Å². The number of rotatable bonds is 5. The molecule has 0 atom stereocenters. The fraction of sp³-hybridized carbons (Fsp3) is 0.250. The summed E-state index contributed by atoms with van der Waals surface area (Å²) < 4.78 is 0. The Kier molecular flexibility index (Phi) is 4.59. The van der Waals surface area contributed by atoms with Crippen LogP contribution in [-0.4, -0.2) is 13.6 Å². The van der Waals surface area contributed by atoms with Gasteiger partial charge in [0.15, 0.2) is 0 Å². The van der Waals surface area contributed by atoms with Crippen molar-refractivity contribution >= 4 is 22.4 Å². The molecule has 18 heavy (non-hydrogen) atoms. The largest absolute Gasteiger partial charge is 0.363 e. The zero-order valence-corrected chi connectivity index (χ0v) is 11.8. The Balaban J connectivity index is 1.90. The molecular formula is C16H19NS. The lowest BCUT2D eigenvalue weighted by Crippen LogP contribution is -2.14. The van der Waals surface area contributed by atoms with Crippen molar-refractivity contribution in [2.45, 2.75) is 13.3 Å². The molecule has 0 N–H and O–H groups in total. The number of nitrogens with zero attached hydrogens (tertiary/aromatic N) is 1. The second-order valence-electron chi connectivity index (χ2n) is 4.33. The lowest BCUT2D eigenvalue weighted by atomic mass is 10.1. The van der Waals surface area contributed by atoms with Crippen molar-refractivity contribution in [3.05, 3.63) is 59.0 Å². The van der Waals surface area contributed by atoms with E-state index >= 15 is 0 Å². The van der Waals surface area contributed by atoms with Gasteiger partial charge in [-0.25, -0.2) is 0 Å². The molecule has 0 saturated carbocycles. The summed E-state index contributed by atoms with van der Waals surface area (Å²) in [5.74, 6) is 0. The van der Waals surface area contributed by atoms with E-state index in [1.165, 1.54) is 16.1 Å². The van der Waals surface area contributed by atoms with Crippen LogP contribution in [0.2, 0.25) is 0 Å². The molecule has 0 bridgehead atoms. The highest BCUT2D eigenvalue weighted by molar-refractivity contribution is 7.14. The molecule has 0 saturated heterocycles. The first-order valence-corrected chi connectivity index (χ1v) is 7.17. The molecule has 1 aromatic heterocycles. The Morgan fingerprint density at radius 1 is 1.17 bits per heavy atom. The molecule has 94 valence electrons. The minimum absolute atomic E-state index is 0.941. The van der Waals surface area contributed by atoms with Crippen LogP contribution in [-0.2, 0) is 6.42 Å². The first-order chi connectivity index (χ1) is 8.79. The van der Waals surface area contributed by atoms with Crippen LogP contribution in [0.15, 0.2) is 47.9 Å². The van der Waals surface area contributed by atoms with Gasteiger partial charge >= 0.3 is 0 Å². The van der Waals surface area contributed by atoms with Crippen LogP contribution in [0.4, 0.5) is 5.00 Å². The molecule has 2 heteroatoms. The summed E-state index contributed by atoms with van der Waals surface area (Å²) in [4.78, 5) is 2.25. The summed E-state index contributed by atoms with van der Waals surface area (Å²) in [6.45, 7) is 3.12. The van der Waals surface area contributed by atoms with E-state index in [9.17, 15) is 0 Å². The van der Waals surface area contributed by atoms with Crippen molar-refractivity contribution in [3.8, 4) is 0 Å². The summed E-state index contributed by atoms with van der Waals surface area (Å²) in [6.07, 6.45) is 5.50. The molecule has 1 heterocycles. The number of hydrogen-bond donors (Lipinski definition) is 0. The maximum absolute atomic E-state index is 2.25. The Morgan fingerprint density at radius 2 is 1.94 bits per heavy atom. The summed E-state index contributed by atoms with van der Waals surface area (Å²) >= 11 is 1.77. The molecule has 0 fully saturated rings. The molecule has 0 radical (unpaired) electrons. The van der Waals surface area contributed by atoms with Gasteiger partial charge in [0, 0.05) is 13.6 Å². The molecule has 0 aliphatic heterocycles. The zero-order valence-electron chi connectivity index (χ0n) is 11.0. The summed E-state index contributed by atoms with van der Waals surface area (Å²) in [7, 11) is 2.12. The first kappa shape index (κ1) is 12.9. The third-order valence-electron chi connectivity index (χ3n) is 2.96.